The fourth-order valence-corrected chi connectivity index (χ4v) is 3.12. The molecule has 0 N–H and O–H groups in total. The number of fused-ring (bicyclic) bond motifs is 3. The molecule has 4 rings (SSSR count). The third-order valence-corrected chi connectivity index (χ3v) is 4.14. The van der Waals surface area contributed by atoms with E-state index in [4.69, 9.17) is 0 Å². The summed E-state index contributed by atoms with van der Waals surface area (Å²) in [6.45, 7) is 3.68. The molecule has 2 aliphatic rings. The van der Waals surface area contributed by atoms with Crippen LogP contribution in [0.15, 0.2) is 41.7 Å². The van der Waals surface area contributed by atoms with Gasteiger partial charge in [0.2, 0.25) is 5.96 Å². The fraction of sp³-hybridized carbons (Fsp3) is 0.375. The molecule has 0 unspecified atom stereocenters. The lowest BCUT2D eigenvalue weighted by molar-refractivity contribution is 0.445. The average Bonchev–Trinajstić information content (AvgIpc) is 2.92. The number of guanidine groups is 1. The standard InChI is InChI=1S/C16H19N5/c1-19-11-14-15(21-9-5-8-17-16(19)21)18-12-20(14)10-13-6-3-2-4-7-13/h2-4,6-7,12H,5,8-11H2,1H3. The Morgan fingerprint density at radius 2 is 2.05 bits per heavy atom. The Hall–Kier alpha value is -2.30. The van der Waals surface area contributed by atoms with E-state index in [-0.39, 0.29) is 0 Å². The van der Waals surface area contributed by atoms with Crippen molar-refractivity contribution >= 4 is 11.8 Å². The molecule has 1 aromatic heterocycles. The maximum atomic E-state index is 4.65. The number of aliphatic imine (C=N–C) groups is 1. The van der Waals surface area contributed by atoms with Gasteiger partial charge in [-0.05, 0) is 12.0 Å². The zero-order valence-corrected chi connectivity index (χ0v) is 12.2. The Balaban J connectivity index is 1.70. The second-order valence-electron chi connectivity index (χ2n) is 5.67. The van der Waals surface area contributed by atoms with Crippen molar-refractivity contribution in [3.05, 3.63) is 47.9 Å². The third kappa shape index (κ3) is 2.09. The van der Waals surface area contributed by atoms with Gasteiger partial charge in [-0.15, -0.1) is 0 Å². The van der Waals surface area contributed by atoms with Crippen molar-refractivity contribution in [1.29, 1.82) is 0 Å². The first-order valence-electron chi connectivity index (χ1n) is 7.44. The Morgan fingerprint density at radius 3 is 2.90 bits per heavy atom. The van der Waals surface area contributed by atoms with Gasteiger partial charge in [-0.1, -0.05) is 30.3 Å². The number of imidazole rings is 1. The molecule has 5 heteroatoms. The third-order valence-electron chi connectivity index (χ3n) is 4.14. The van der Waals surface area contributed by atoms with E-state index in [2.05, 4.69) is 61.7 Å². The largest absolute Gasteiger partial charge is 0.340 e. The molecule has 0 aliphatic carbocycles. The van der Waals surface area contributed by atoms with Gasteiger partial charge in [0, 0.05) is 26.7 Å². The molecular weight excluding hydrogens is 262 g/mol. The summed E-state index contributed by atoms with van der Waals surface area (Å²) < 4.78 is 2.26. The number of aromatic nitrogens is 2. The van der Waals surface area contributed by atoms with Gasteiger partial charge < -0.3 is 9.47 Å². The molecule has 0 radical (unpaired) electrons. The van der Waals surface area contributed by atoms with Gasteiger partial charge in [-0.3, -0.25) is 9.89 Å². The number of nitrogens with zero attached hydrogens (tertiary/aromatic N) is 5. The van der Waals surface area contributed by atoms with E-state index < -0.39 is 0 Å². The number of hydrogen-bond donors (Lipinski definition) is 0. The van der Waals surface area contributed by atoms with Gasteiger partial charge in [0.1, 0.15) is 0 Å². The monoisotopic (exact) mass is 281 g/mol. The summed E-state index contributed by atoms with van der Waals surface area (Å²) in [6.07, 6.45) is 3.06. The van der Waals surface area contributed by atoms with Crippen molar-refractivity contribution in [2.45, 2.75) is 19.5 Å². The van der Waals surface area contributed by atoms with Gasteiger partial charge in [-0.25, -0.2) is 4.98 Å². The van der Waals surface area contributed by atoms with E-state index in [0.29, 0.717) is 0 Å². The summed E-state index contributed by atoms with van der Waals surface area (Å²) in [4.78, 5) is 13.8. The van der Waals surface area contributed by atoms with Crippen LogP contribution in [-0.2, 0) is 13.1 Å². The normalized spacial score (nSPS) is 17.3. The summed E-state index contributed by atoms with van der Waals surface area (Å²) in [5.74, 6) is 2.15. The van der Waals surface area contributed by atoms with E-state index in [0.717, 1.165) is 44.4 Å². The van der Waals surface area contributed by atoms with Crippen LogP contribution in [0.2, 0.25) is 0 Å². The molecule has 0 amide bonds. The molecule has 2 aliphatic heterocycles. The average molecular weight is 281 g/mol. The molecule has 2 aromatic rings. The lowest BCUT2D eigenvalue weighted by Gasteiger charge is -2.38. The topological polar surface area (TPSA) is 36.7 Å². The van der Waals surface area contributed by atoms with E-state index in [1.165, 1.54) is 11.3 Å². The molecule has 0 atom stereocenters. The summed E-state index contributed by atoms with van der Waals surface area (Å²) in [7, 11) is 2.11. The quantitative estimate of drug-likeness (QED) is 0.844. The summed E-state index contributed by atoms with van der Waals surface area (Å²) in [5.41, 5.74) is 2.58. The first kappa shape index (κ1) is 12.4. The van der Waals surface area contributed by atoms with Crippen LogP contribution in [0.4, 0.5) is 5.82 Å². The minimum absolute atomic E-state index is 0.872. The summed E-state index contributed by atoms with van der Waals surface area (Å²) in [5, 5.41) is 0. The Bertz CT molecular complexity index is 673. The van der Waals surface area contributed by atoms with Gasteiger partial charge in [0.05, 0.1) is 18.6 Å². The van der Waals surface area contributed by atoms with E-state index in [1.54, 1.807) is 0 Å². The predicted octanol–water partition coefficient (Wildman–Crippen LogP) is 1.94. The van der Waals surface area contributed by atoms with Crippen molar-refractivity contribution in [2.75, 3.05) is 25.0 Å². The van der Waals surface area contributed by atoms with E-state index in [9.17, 15) is 0 Å². The molecule has 0 fully saturated rings. The van der Waals surface area contributed by atoms with Crippen molar-refractivity contribution < 1.29 is 0 Å². The van der Waals surface area contributed by atoms with Crippen LogP contribution in [0.3, 0.4) is 0 Å². The van der Waals surface area contributed by atoms with Crippen molar-refractivity contribution in [3.8, 4) is 0 Å². The fourth-order valence-electron chi connectivity index (χ4n) is 3.12. The molecule has 108 valence electrons. The molecule has 3 heterocycles. The second-order valence-corrected chi connectivity index (χ2v) is 5.67. The van der Waals surface area contributed by atoms with Gasteiger partial charge in [0.15, 0.2) is 5.82 Å². The predicted molar refractivity (Wildman–Crippen MR) is 83.5 cm³/mol. The molecule has 0 saturated heterocycles. The van der Waals surface area contributed by atoms with Crippen molar-refractivity contribution in [2.24, 2.45) is 4.99 Å². The van der Waals surface area contributed by atoms with Gasteiger partial charge in [-0.2, -0.15) is 0 Å². The molecular formula is C16H19N5. The van der Waals surface area contributed by atoms with Crippen LogP contribution in [0.25, 0.3) is 0 Å². The Labute approximate surface area is 124 Å². The second kappa shape index (κ2) is 4.91. The summed E-state index contributed by atoms with van der Waals surface area (Å²) >= 11 is 0. The molecule has 5 nitrogen and oxygen atoms in total. The first-order chi connectivity index (χ1) is 10.3. The lowest BCUT2D eigenvalue weighted by atomic mass is 10.2. The van der Waals surface area contributed by atoms with Crippen LogP contribution in [0.1, 0.15) is 17.7 Å². The van der Waals surface area contributed by atoms with E-state index >= 15 is 0 Å². The number of anilines is 1. The Kier molecular flexibility index (Phi) is 2.91. The highest BCUT2D eigenvalue weighted by molar-refractivity contribution is 5.97. The van der Waals surface area contributed by atoms with Gasteiger partial charge >= 0.3 is 0 Å². The number of benzene rings is 1. The smallest absolute Gasteiger partial charge is 0.202 e. The van der Waals surface area contributed by atoms with Gasteiger partial charge in [0.25, 0.3) is 0 Å². The molecule has 0 spiro atoms. The van der Waals surface area contributed by atoms with Crippen LogP contribution in [-0.4, -0.2) is 40.5 Å². The SMILES string of the molecule is CN1Cc2c(ncn2Cc2ccccc2)N2CCCN=C12. The van der Waals surface area contributed by atoms with Crippen molar-refractivity contribution in [1.82, 2.24) is 14.5 Å². The highest BCUT2D eigenvalue weighted by Crippen LogP contribution is 2.28. The number of rotatable bonds is 2. The van der Waals surface area contributed by atoms with Crippen LogP contribution in [0.5, 0.6) is 0 Å². The number of hydrogen-bond acceptors (Lipinski definition) is 4. The molecule has 21 heavy (non-hydrogen) atoms. The van der Waals surface area contributed by atoms with Crippen molar-refractivity contribution in [3.63, 3.8) is 0 Å². The minimum atomic E-state index is 0.872. The Morgan fingerprint density at radius 1 is 1.19 bits per heavy atom. The van der Waals surface area contributed by atoms with E-state index in [1.807, 2.05) is 6.33 Å². The highest BCUT2D eigenvalue weighted by Gasteiger charge is 2.31. The summed E-state index contributed by atoms with van der Waals surface area (Å²) in [6, 6.07) is 10.5. The van der Waals surface area contributed by atoms with Crippen LogP contribution >= 0.6 is 0 Å². The zero-order valence-electron chi connectivity index (χ0n) is 12.2. The lowest BCUT2D eigenvalue weighted by Crippen LogP contribution is -2.49. The minimum Gasteiger partial charge on any atom is -0.340 e. The molecule has 0 saturated carbocycles. The zero-order chi connectivity index (χ0) is 14.2. The maximum Gasteiger partial charge on any atom is 0.202 e. The van der Waals surface area contributed by atoms with Crippen LogP contribution in [0, 0.1) is 0 Å². The molecule has 1 aromatic carbocycles. The maximum absolute atomic E-state index is 4.65. The molecule has 0 bridgehead atoms. The highest BCUT2D eigenvalue weighted by atomic mass is 15.4. The first-order valence-corrected chi connectivity index (χ1v) is 7.44. The van der Waals surface area contributed by atoms with Crippen LogP contribution < -0.4 is 4.90 Å².